The molecular weight excluding hydrogens is 416 g/mol. The second-order valence-electron chi connectivity index (χ2n) is 7.51. The lowest BCUT2D eigenvalue weighted by atomic mass is 10.0. The molecule has 8 heteroatoms. The molecule has 1 aliphatic rings. The number of hydrogen-bond acceptors (Lipinski definition) is 6. The van der Waals surface area contributed by atoms with Crippen molar-refractivity contribution in [1.82, 2.24) is 9.21 Å². The van der Waals surface area contributed by atoms with Gasteiger partial charge in [-0.05, 0) is 53.2 Å². The van der Waals surface area contributed by atoms with E-state index in [2.05, 4.69) is 4.90 Å². The summed E-state index contributed by atoms with van der Waals surface area (Å²) in [6.45, 7) is 2.48. The lowest BCUT2D eigenvalue weighted by Crippen LogP contribution is -2.48. The molecule has 164 valence electrons. The van der Waals surface area contributed by atoms with E-state index in [1.165, 1.54) is 4.31 Å². The number of phenolic OH excluding ortho intramolecular Hbond substituents is 1. The van der Waals surface area contributed by atoms with Gasteiger partial charge in [-0.1, -0.05) is 12.1 Å². The Morgan fingerprint density at radius 3 is 2.13 bits per heavy atom. The van der Waals surface area contributed by atoms with Crippen LogP contribution >= 0.6 is 0 Å². The highest BCUT2D eigenvalue weighted by Crippen LogP contribution is 2.31. The maximum absolute atomic E-state index is 13.0. The van der Waals surface area contributed by atoms with Crippen LogP contribution in [0.3, 0.4) is 0 Å². The Kier molecular flexibility index (Phi) is 6.04. The molecule has 0 aliphatic carbocycles. The van der Waals surface area contributed by atoms with Crippen LogP contribution < -0.4 is 9.47 Å². The summed E-state index contributed by atoms with van der Waals surface area (Å²) in [7, 11) is -0.385. The standard InChI is InChI=1S/C23H26N2O5S/c1-29-18-6-8-20(9-7-18)31(27,28)25-13-11-24(12-14-25)16-22-21-15-19(30-2)5-3-17(21)4-10-23(22)26/h3-10,15,26H,11-14,16H2,1-2H3. The van der Waals surface area contributed by atoms with Crippen LogP contribution in [0.1, 0.15) is 5.56 Å². The molecule has 3 aromatic rings. The van der Waals surface area contributed by atoms with Gasteiger partial charge in [-0.25, -0.2) is 8.42 Å². The predicted molar refractivity (Wildman–Crippen MR) is 119 cm³/mol. The highest BCUT2D eigenvalue weighted by atomic mass is 32.2. The largest absolute Gasteiger partial charge is 0.508 e. The number of fused-ring (bicyclic) bond motifs is 1. The number of methoxy groups -OCH3 is 2. The zero-order chi connectivity index (χ0) is 22.0. The zero-order valence-electron chi connectivity index (χ0n) is 17.6. The molecule has 31 heavy (non-hydrogen) atoms. The number of sulfonamides is 1. The van der Waals surface area contributed by atoms with Gasteiger partial charge in [-0.3, -0.25) is 4.90 Å². The Hall–Kier alpha value is -2.81. The monoisotopic (exact) mass is 442 g/mol. The Morgan fingerprint density at radius 1 is 0.871 bits per heavy atom. The first kappa shape index (κ1) is 21.4. The Balaban J connectivity index is 1.49. The van der Waals surface area contributed by atoms with E-state index in [0.29, 0.717) is 38.5 Å². The molecule has 1 aliphatic heterocycles. The molecule has 7 nitrogen and oxygen atoms in total. The van der Waals surface area contributed by atoms with Crippen LogP contribution in [0, 0.1) is 0 Å². The van der Waals surface area contributed by atoms with Gasteiger partial charge in [-0.2, -0.15) is 4.31 Å². The second-order valence-corrected chi connectivity index (χ2v) is 9.44. The van der Waals surface area contributed by atoms with Crippen molar-refractivity contribution in [2.75, 3.05) is 40.4 Å². The Morgan fingerprint density at radius 2 is 1.48 bits per heavy atom. The summed E-state index contributed by atoms with van der Waals surface area (Å²) in [6.07, 6.45) is 0. The van der Waals surface area contributed by atoms with Crippen LogP contribution in [0.25, 0.3) is 10.8 Å². The van der Waals surface area contributed by atoms with Gasteiger partial charge in [0.05, 0.1) is 19.1 Å². The van der Waals surface area contributed by atoms with E-state index in [1.807, 2.05) is 24.3 Å². The summed E-state index contributed by atoms with van der Waals surface area (Å²) >= 11 is 0. The van der Waals surface area contributed by atoms with Crippen molar-refractivity contribution in [3.63, 3.8) is 0 Å². The smallest absolute Gasteiger partial charge is 0.243 e. The van der Waals surface area contributed by atoms with Crippen molar-refractivity contribution < 1.29 is 23.0 Å². The molecule has 0 radical (unpaired) electrons. The average Bonchev–Trinajstić information content (AvgIpc) is 2.81. The van der Waals surface area contributed by atoms with Gasteiger partial charge >= 0.3 is 0 Å². The number of aromatic hydroxyl groups is 1. The number of benzene rings is 3. The SMILES string of the molecule is COc1ccc(S(=O)(=O)N2CCN(Cc3c(O)ccc4ccc(OC)cc34)CC2)cc1. The summed E-state index contributed by atoms with van der Waals surface area (Å²) in [5.41, 5.74) is 0.822. The average molecular weight is 443 g/mol. The van der Waals surface area contributed by atoms with Crippen LogP contribution in [-0.4, -0.2) is 63.1 Å². The van der Waals surface area contributed by atoms with Crippen LogP contribution in [0.2, 0.25) is 0 Å². The van der Waals surface area contributed by atoms with Crippen molar-refractivity contribution in [2.24, 2.45) is 0 Å². The van der Waals surface area contributed by atoms with Crippen LogP contribution in [-0.2, 0) is 16.6 Å². The predicted octanol–water partition coefficient (Wildman–Crippen LogP) is 3.07. The van der Waals surface area contributed by atoms with Crippen LogP contribution in [0.4, 0.5) is 0 Å². The van der Waals surface area contributed by atoms with Gasteiger partial charge in [0.15, 0.2) is 0 Å². The number of hydrogen-bond donors (Lipinski definition) is 1. The molecule has 0 spiro atoms. The summed E-state index contributed by atoms with van der Waals surface area (Å²) in [4.78, 5) is 2.43. The molecule has 3 aromatic carbocycles. The molecule has 0 amide bonds. The first-order chi connectivity index (χ1) is 14.9. The Labute approximate surface area is 182 Å². The van der Waals surface area contributed by atoms with E-state index in [0.717, 1.165) is 22.1 Å². The minimum absolute atomic E-state index is 0.231. The first-order valence-electron chi connectivity index (χ1n) is 10.1. The number of nitrogens with zero attached hydrogens (tertiary/aromatic N) is 2. The van der Waals surface area contributed by atoms with Crippen molar-refractivity contribution in [3.05, 3.63) is 60.2 Å². The van der Waals surface area contributed by atoms with E-state index < -0.39 is 10.0 Å². The molecule has 4 rings (SSSR count). The maximum atomic E-state index is 13.0. The van der Waals surface area contributed by atoms with Crippen molar-refractivity contribution in [2.45, 2.75) is 11.4 Å². The summed E-state index contributed by atoms with van der Waals surface area (Å²) in [5, 5.41) is 12.5. The third-order valence-electron chi connectivity index (χ3n) is 5.73. The van der Waals surface area contributed by atoms with E-state index >= 15 is 0 Å². The molecule has 1 N–H and O–H groups in total. The first-order valence-corrected chi connectivity index (χ1v) is 11.5. The molecule has 1 fully saturated rings. The van der Waals surface area contributed by atoms with Gasteiger partial charge in [0.25, 0.3) is 0 Å². The summed E-state index contributed by atoms with van der Waals surface area (Å²) < 4.78 is 37.9. The van der Waals surface area contributed by atoms with Gasteiger partial charge in [0.1, 0.15) is 17.2 Å². The van der Waals surface area contributed by atoms with Crippen LogP contribution in [0.15, 0.2) is 59.5 Å². The van der Waals surface area contributed by atoms with Crippen molar-refractivity contribution in [1.29, 1.82) is 0 Å². The molecule has 0 saturated carbocycles. The molecule has 0 unspecified atom stereocenters. The summed E-state index contributed by atoms with van der Waals surface area (Å²) in [6, 6.07) is 15.8. The van der Waals surface area contributed by atoms with E-state index in [4.69, 9.17) is 9.47 Å². The zero-order valence-corrected chi connectivity index (χ0v) is 18.4. The van der Waals surface area contributed by atoms with Crippen molar-refractivity contribution in [3.8, 4) is 17.2 Å². The molecule has 1 heterocycles. The second kappa shape index (κ2) is 8.74. The fourth-order valence-corrected chi connectivity index (χ4v) is 5.31. The number of ether oxygens (including phenoxy) is 2. The molecule has 1 saturated heterocycles. The van der Waals surface area contributed by atoms with Gasteiger partial charge < -0.3 is 14.6 Å². The molecule has 0 aromatic heterocycles. The number of rotatable bonds is 6. The normalized spacial score (nSPS) is 15.8. The Bertz CT molecular complexity index is 1170. The fraction of sp³-hybridized carbons (Fsp3) is 0.304. The third kappa shape index (κ3) is 4.32. The van der Waals surface area contributed by atoms with Crippen LogP contribution in [0.5, 0.6) is 17.2 Å². The third-order valence-corrected chi connectivity index (χ3v) is 7.64. The fourth-order valence-electron chi connectivity index (χ4n) is 3.89. The van der Waals surface area contributed by atoms with E-state index in [-0.39, 0.29) is 10.6 Å². The van der Waals surface area contributed by atoms with Gasteiger partial charge in [-0.15, -0.1) is 0 Å². The number of phenols is 1. The van der Waals surface area contributed by atoms with Crippen molar-refractivity contribution >= 4 is 20.8 Å². The van der Waals surface area contributed by atoms with Gasteiger partial charge in [0.2, 0.25) is 10.0 Å². The minimum atomic E-state index is -3.55. The van der Waals surface area contributed by atoms with E-state index in [1.54, 1.807) is 44.6 Å². The minimum Gasteiger partial charge on any atom is -0.508 e. The topological polar surface area (TPSA) is 79.3 Å². The summed E-state index contributed by atoms with van der Waals surface area (Å²) in [5.74, 6) is 1.58. The lowest BCUT2D eigenvalue weighted by Gasteiger charge is -2.34. The molecule has 0 atom stereocenters. The van der Waals surface area contributed by atoms with Gasteiger partial charge in [0, 0.05) is 38.3 Å². The molecule has 0 bridgehead atoms. The highest BCUT2D eigenvalue weighted by Gasteiger charge is 2.29. The maximum Gasteiger partial charge on any atom is 0.243 e. The quantitative estimate of drug-likeness (QED) is 0.632. The lowest BCUT2D eigenvalue weighted by molar-refractivity contribution is 0.180. The molecular formula is C23H26N2O5S. The number of piperazine rings is 1. The van der Waals surface area contributed by atoms with E-state index in [9.17, 15) is 13.5 Å². The highest BCUT2D eigenvalue weighted by molar-refractivity contribution is 7.89.